The molecule has 0 unspecified atom stereocenters. The van der Waals surface area contributed by atoms with Crippen molar-refractivity contribution in [2.24, 2.45) is 0 Å². The summed E-state index contributed by atoms with van der Waals surface area (Å²) in [5.74, 6) is -2.23. The number of hydrogen-bond donors (Lipinski definition) is 1. The van der Waals surface area contributed by atoms with Gasteiger partial charge in [0, 0.05) is 6.07 Å². The van der Waals surface area contributed by atoms with Crippen molar-refractivity contribution in [3.8, 4) is 5.75 Å². The molecular weight excluding hydrogens is 402 g/mol. The molecule has 0 bridgehead atoms. The van der Waals surface area contributed by atoms with Crippen molar-refractivity contribution in [1.29, 1.82) is 0 Å². The zero-order valence-corrected chi connectivity index (χ0v) is 17.5. The van der Waals surface area contributed by atoms with Gasteiger partial charge in [0.25, 0.3) is 0 Å². The molecule has 1 amide bonds. The molecule has 0 spiro atoms. The minimum atomic E-state index is -3.92. The van der Waals surface area contributed by atoms with Gasteiger partial charge in [0.05, 0.1) is 18.5 Å². The molecule has 158 valence electrons. The first kappa shape index (κ1) is 22.6. The van der Waals surface area contributed by atoms with Crippen LogP contribution in [0.2, 0.25) is 0 Å². The van der Waals surface area contributed by atoms with Crippen molar-refractivity contribution in [2.45, 2.75) is 26.8 Å². The smallest absolute Gasteiger partial charge is 0.243 e. The SMILES string of the molecule is Cc1cc(C)cc(OCCNC(=O)[C@@H](C)N(c2ccc(F)c(F)c2)S(C)(=O)=O)c1. The van der Waals surface area contributed by atoms with Crippen molar-refractivity contribution in [3.05, 3.63) is 59.2 Å². The molecule has 0 radical (unpaired) electrons. The lowest BCUT2D eigenvalue weighted by molar-refractivity contribution is -0.121. The molecule has 0 aliphatic carbocycles. The fourth-order valence-corrected chi connectivity index (χ4v) is 4.10. The number of aryl methyl sites for hydroxylation is 2. The number of nitrogens with zero attached hydrogens (tertiary/aromatic N) is 1. The maximum atomic E-state index is 13.5. The fourth-order valence-electron chi connectivity index (χ4n) is 2.94. The van der Waals surface area contributed by atoms with Crippen LogP contribution in [0.5, 0.6) is 5.75 Å². The van der Waals surface area contributed by atoms with E-state index in [1.807, 2.05) is 32.0 Å². The second-order valence-corrected chi connectivity index (χ2v) is 8.66. The minimum absolute atomic E-state index is 0.138. The molecule has 2 aromatic carbocycles. The largest absolute Gasteiger partial charge is 0.492 e. The molecule has 0 aliphatic rings. The van der Waals surface area contributed by atoms with E-state index in [9.17, 15) is 22.0 Å². The summed E-state index contributed by atoms with van der Waals surface area (Å²) < 4.78 is 57.4. The average molecular weight is 426 g/mol. The summed E-state index contributed by atoms with van der Waals surface area (Å²) in [5.41, 5.74) is 1.96. The summed E-state index contributed by atoms with van der Waals surface area (Å²) in [6, 6.07) is 7.23. The normalized spacial score (nSPS) is 12.3. The number of rotatable bonds is 8. The van der Waals surface area contributed by atoms with Crippen LogP contribution in [0.4, 0.5) is 14.5 Å². The van der Waals surface area contributed by atoms with E-state index >= 15 is 0 Å². The fraction of sp³-hybridized carbons (Fsp3) is 0.350. The molecule has 0 fully saturated rings. The van der Waals surface area contributed by atoms with E-state index in [1.54, 1.807) is 0 Å². The van der Waals surface area contributed by atoms with Gasteiger partial charge in [-0.05, 0) is 56.2 Å². The van der Waals surface area contributed by atoms with E-state index in [0.29, 0.717) is 5.75 Å². The number of nitrogens with one attached hydrogen (secondary N) is 1. The Morgan fingerprint density at radius 2 is 1.72 bits per heavy atom. The minimum Gasteiger partial charge on any atom is -0.492 e. The summed E-state index contributed by atoms with van der Waals surface area (Å²) in [6.45, 7) is 5.59. The number of anilines is 1. The van der Waals surface area contributed by atoms with E-state index in [2.05, 4.69) is 5.32 Å². The van der Waals surface area contributed by atoms with Gasteiger partial charge in [-0.3, -0.25) is 9.10 Å². The van der Waals surface area contributed by atoms with Crippen LogP contribution in [0.15, 0.2) is 36.4 Å². The first-order valence-corrected chi connectivity index (χ1v) is 10.8. The predicted octanol–water partition coefficient (Wildman–Crippen LogP) is 2.93. The average Bonchev–Trinajstić information content (AvgIpc) is 2.59. The number of carbonyl (C=O) groups is 1. The van der Waals surface area contributed by atoms with E-state index in [1.165, 1.54) is 6.92 Å². The Bertz CT molecular complexity index is 976. The maximum absolute atomic E-state index is 13.5. The van der Waals surface area contributed by atoms with Crippen LogP contribution in [0.3, 0.4) is 0 Å². The highest BCUT2D eigenvalue weighted by Crippen LogP contribution is 2.23. The third kappa shape index (κ3) is 6.15. The van der Waals surface area contributed by atoms with Crippen molar-refractivity contribution in [3.63, 3.8) is 0 Å². The summed E-state index contributed by atoms with van der Waals surface area (Å²) >= 11 is 0. The van der Waals surface area contributed by atoms with Crippen LogP contribution in [0.25, 0.3) is 0 Å². The molecule has 1 N–H and O–H groups in total. The third-order valence-corrected chi connectivity index (χ3v) is 5.35. The van der Waals surface area contributed by atoms with Crippen molar-refractivity contribution in [2.75, 3.05) is 23.7 Å². The van der Waals surface area contributed by atoms with Crippen molar-refractivity contribution < 1.29 is 26.7 Å². The van der Waals surface area contributed by atoms with Crippen LogP contribution in [0, 0.1) is 25.5 Å². The van der Waals surface area contributed by atoms with Gasteiger partial charge in [-0.1, -0.05) is 6.07 Å². The molecule has 0 saturated carbocycles. The number of carbonyl (C=O) groups excluding carboxylic acids is 1. The Morgan fingerprint density at radius 1 is 1.10 bits per heavy atom. The van der Waals surface area contributed by atoms with Crippen LogP contribution in [-0.2, 0) is 14.8 Å². The standard InChI is InChI=1S/C20H24F2N2O4S/c1-13-9-14(2)11-17(10-13)28-8-7-23-20(25)15(3)24(29(4,26)27)16-5-6-18(21)19(22)12-16/h5-6,9-12,15H,7-8H2,1-4H3,(H,23,25)/t15-/m1/s1. The Kier molecular flexibility index (Phi) is 7.18. The summed E-state index contributed by atoms with van der Waals surface area (Å²) in [6.07, 6.45) is 0.890. The topological polar surface area (TPSA) is 75.7 Å². The van der Waals surface area contributed by atoms with Gasteiger partial charge in [0.15, 0.2) is 11.6 Å². The van der Waals surface area contributed by atoms with Gasteiger partial charge in [0.1, 0.15) is 18.4 Å². The number of sulfonamides is 1. The van der Waals surface area contributed by atoms with Crippen LogP contribution in [-0.4, -0.2) is 39.8 Å². The monoisotopic (exact) mass is 426 g/mol. The number of benzene rings is 2. The number of hydrogen-bond acceptors (Lipinski definition) is 4. The molecule has 1 atom stereocenters. The first-order chi connectivity index (χ1) is 13.5. The van der Waals surface area contributed by atoms with E-state index in [0.717, 1.165) is 39.9 Å². The third-order valence-electron chi connectivity index (χ3n) is 4.11. The second kappa shape index (κ2) is 9.21. The molecule has 29 heavy (non-hydrogen) atoms. The lowest BCUT2D eigenvalue weighted by Gasteiger charge is -2.28. The number of amides is 1. The second-order valence-electron chi connectivity index (χ2n) is 6.80. The molecule has 0 aliphatic heterocycles. The summed E-state index contributed by atoms with van der Waals surface area (Å²) in [7, 11) is -3.92. The molecule has 0 aromatic heterocycles. The van der Waals surface area contributed by atoms with Gasteiger partial charge in [-0.15, -0.1) is 0 Å². The van der Waals surface area contributed by atoms with Crippen LogP contribution >= 0.6 is 0 Å². The van der Waals surface area contributed by atoms with Gasteiger partial charge in [0.2, 0.25) is 15.9 Å². The molecule has 9 heteroatoms. The lowest BCUT2D eigenvalue weighted by atomic mass is 10.1. The van der Waals surface area contributed by atoms with E-state index in [4.69, 9.17) is 4.74 Å². The zero-order valence-electron chi connectivity index (χ0n) is 16.7. The summed E-state index contributed by atoms with van der Waals surface area (Å²) in [4.78, 5) is 12.4. The number of ether oxygens (including phenoxy) is 1. The highest BCUT2D eigenvalue weighted by atomic mass is 32.2. The van der Waals surface area contributed by atoms with Gasteiger partial charge in [-0.25, -0.2) is 17.2 Å². The molecular formula is C20H24F2N2O4S. The van der Waals surface area contributed by atoms with E-state index in [-0.39, 0.29) is 18.8 Å². The highest BCUT2D eigenvalue weighted by Gasteiger charge is 2.29. The quantitative estimate of drug-likeness (QED) is 0.659. The highest BCUT2D eigenvalue weighted by molar-refractivity contribution is 7.92. The Hall–Kier alpha value is -2.68. The maximum Gasteiger partial charge on any atom is 0.243 e. The van der Waals surface area contributed by atoms with Crippen molar-refractivity contribution >= 4 is 21.6 Å². The summed E-state index contributed by atoms with van der Waals surface area (Å²) in [5, 5.41) is 2.59. The molecule has 0 heterocycles. The number of halogens is 2. The van der Waals surface area contributed by atoms with Gasteiger partial charge in [-0.2, -0.15) is 0 Å². The van der Waals surface area contributed by atoms with E-state index < -0.39 is 33.6 Å². The lowest BCUT2D eigenvalue weighted by Crippen LogP contribution is -2.48. The first-order valence-electron chi connectivity index (χ1n) is 8.92. The molecule has 6 nitrogen and oxygen atoms in total. The van der Waals surface area contributed by atoms with Crippen molar-refractivity contribution in [1.82, 2.24) is 5.32 Å². The van der Waals surface area contributed by atoms with Gasteiger partial charge >= 0.3 is 0 Å². The molecule has 2 aromatic rings. The zero-order chi connectivity index (χ0) is 21.8. The Morgan fingerprint density at radius 3 is 2.28 bits per heavy atom. The van der Waals surface area contributed by atoms with Crippen LogP contribution < -0.4 is 14.4 Å². The Labute approximate surface area is 169 Å². The molecule has 2 rings (SSSR count). The van der Waals surface area contributed by atoms with Crippen LogP contribution in [0.1, 0.15) is 18.1 Å². The Balaban J connectivity index is 2.02. The predicted molar refractivity (Wildman–Crippen MR) is 108 cm³/mol. The molecule has 0 saturated heterocycles. The van der Waals surface area contributed by atoms with Gasteiger partial charge < -0.3 is 10.1 Å².